The van der Waals surface area contributed by atoms with Gasteiger partial charge in [0.1, 0.15) is 11.4 Å². The Kier molecular flexibility index (Phi) is 4.14. The highest BCUT2D eigenvalue weighted by Crippen LogP contribution is 2.27. The topological polar surface area (TPSA) is 55.6 Å². The number of anilines is 1. The summed E-state index contributed by atoms with van der Waals surface area (Å²) >= 11 is 0. The van der Waals surface area contributed by atoms with Gasteiger partial charge in [0.05, 0.1) is 12.3 Å². The number of imidazole rings is 1. The lowest BCUT2D eigenvalue weighted by Gasteiger charge is -2.21. The van der Waals surface area contributed by atoms with Crippen LogP contribution in [0.2, 0.25) is 0 Å². The zero-order valence-corrected chi connectivity index (χ0v) is 14.2. The third-order valence-corrected chi connectivity index (χ3v) is 4.68. The van der Waals surface area contributed by atoms with Gasteiger partial charge < -0.3 is 14.5 Å². The molecule has 0 radical (unpaired) electrons. The molecule has 1 unspecified atom stereocenters. The molecule has 1 N–H and O–H groups in total. The molecule has 0 saturated heterocycles. The van der Waals surface area contributed by atoms with Crippen LogP contribution in [-0.4, -0.2) is 21.9 Å². The summed E-state index contributed by atoms with van der Waals surface area (Å²) < 4.78 is 7.53. The van der Waals surface area contributed by atoms with Crippen molar-refractivity contribution in [3.8, 4) is 5.75 Å². The first-order valence-electron chi connectivity index (χ1n) is 8.73. The van der Waals surface area contributed by atoms with Crippen molar-refractivity contribution in [3.05, 3.63) is 60.0 Å². The van der Waals surface area contributed by atoms with Crippen molar-refractivity contribution < 1.29 is 9.53 Å². The van der Waals surface area contributed by atoms with Crippen molar-refractivity contribution in [3.63, 3.8) is 0 Å². The van der Waals surface area contributed by atoms with E-state index in [1.54, 1.807) is 0 Å². The van der Waals surface area contributed by atoms with Crippen molar-refractivity contribution in [1.29, 1.82) is 0 Å². The van der Waals surface area contributed by atoms with E-state index < -0.39 is 0 Å². The minimum atomic E-state index is -0.0285. The van der Waals surface area contributed by atoms with Gasteiger partial charge in [-0.15, -0.1) is 0 Å². The third-order valence-electron chi connectivity index (χ3n) is 4.68. The molecule has 2 aromatic heterocycles. The molecule has 0 spiro atoms. The second-order valence-corrected chi connectivity index (χ2v) is 6.32. The van der Waals surface area contributed by atoms with Gasteiger partial charge in [-0.1, -0.05) is 6.07 Å². The number of fused-ring (bicyclic) bond motifs is 3. The van der Waals surface area contributed by atoms with E-state index in [9.17, 15) is 4.79 Å². The lowest BCUT2D eigenvalue weighted by molar-refractivity contribution is -0.120. The maximum atomic E-state index is 12.7. The summed E-state index contributed by atoms with van der Waals surface area (Å²) in [5.41, 5.74) is 4.04. The Morgan fingerprint density at radius 1 is 1.28 bits per heavy atom. The van der Waals surface area contributed by atoms with Gasteiger partial charge in [0, 0.05) is 29.9 Å². The molecule has 0 bridgehead atoms. The molecular formula is C20H21N3O2. The molecule has 2 heterocycles. The van der Waals surface area contributed by atoms with E-state index in [1.165, 1.54) is 0 Å². The number of carbonyl (C=O) groups is 1. The number of rotatable bonds is 4. The second kappa shape index (κ2) is 6.59. The van der Waals surface area contributed by atoms with Crippen LogP contribution in [0.4, 0.5) is 5.69 Å². The van der Waals surface area contributed by atoms with Crippen molar-refractivity contribution in [2.75, 3.05) is 11.9 Å². The number of amides is 1. The first-order chi connectivity index (χ1) is 12.2. The van der Waals surface area contributed by atoms with E-state index in [4.69, 9.17) is 4.74 Å². The number of pyridine rings is 1. The van der Waals surface area contributed by atoms with E-state index in [-0.39, 0.29) is 11.8 Å². The fourth-order valence-electron chi connectivity index (χ4n) is 3.43. The Hall–Kier alpha value is -2.82. The lowest BCUT2D eigenvalue weighted by Crippen LogP contribution is -2.28. The van der Waals surface area contributed by atoms with Crippen LogP contribution < -0.4 is 10.1 Å². The molecule has 5 nitrogen and oxygen atoms in total. The largest absolute Gasteiger partial charge is 0.494 e. The van der Waals surface area contributed by atoms with Gasteiger partial charge in [-0.2, -0.15) is 0 Å². The van der Waals surface area contributed by atoms with Crippen LogP contribution in [0.1, 0.15) is 24.7 Å². The van der Waals surface area contributed by atoms with Crippen LogP contribution in [0, 0.1) is 5.92 Å². The van der Waals surface area contributed by atoms with E-state index in [0.29, 0.717) is 6.61 Å². The van der Waals surface area contributed by atoms with Gasteiger partial charge in [0.25, 0.3) is 0 Å². The van der Waals surface area contributed by atoms with Gasteiger partial charge >= 0.3 is 0 Å². The van der Waals surface area contributed by atoms with Crippen LogP contribution in [0.25, 0.3) is 5.65 Å². The van der Waals surface area contributed by atoms with Crippen LogP contribution in [-0.2, 0) is 17.6 Å². The Morgan fingerprint density at radius 3 is 2.92 bits per heavy atom. The molecule has 1 atom stereocenters. The number of hydrogen-bond acceptors (Lipinski definition) is 3. The predicted octanol–water partition coefficient (Wildman–Crippen LogP) is 3.48. The maximum Gasteiger partial charge on any atom is 0.227 e. The molecule has 1 aliphatic carbocycles. The lowest BCUT2D eigenvalue weighted by atomic mass is 9.89. The first kappa shape index (κ1) is 15.7. The van der Waals surface area contributed by atoms with E-state index in [1.807, 2.05) is 55.6 Å². The molecule has 5 heteroatoms. The molecule has 1 amide bonds. The molecule has 0 aliphatic heterocycles. The highest BCUT2D eigenvalue weighted by Gasteiger charge is 2.28. The summed E-state index contributed by atoms with van der Waals surface area (Å²) in [5.74, 6) is 0.855. The normalized spacial score (nSPS) is 16.4. The number of carbonyl (C=O) groups excluding carboxylic acids is 1. The number of hydrogen-bond donors (Lipinski definition) is 1. The monoisotopic (exact) mass is 335 g/mol. The Labute approximate surface area is 146 Å². The van der Waals surface area contributed by atoms with E-state index in [0.717, 1.165) is 47.7 Å². The Bertz CT molecular complexity index is 899. The van der Waals surface area contributed by atoms with Crippen LogP contribution in [0.5, 0.6) is 5.75 Å². The smallest absolute Gasteiger partial charge is 0.227 e. The van der Waals surface area contributed by atoms with Gasteiger partial charge in [0.2, 0.25) is 5.91 Å². The highest BCUT2D eigenvalue weighted by atomic mass is 16.5. The average Bonchev–Trinajstić information content (AvgIpc) is 3.01. The fraction of sp³-hybridized carbons (Fsp3) is 0.300. The molecular weight excluding hydrogens is 314 g/mol. The molecule has 1 aliphatic rings. The number of ether oxygens (including phenoxy) is 1. The van der Waals surface area contributed by atoms with Crippen molar-refractivity contribution >= 4 is 17.2 Å². The quantitative estimate of drug-likeness (QED) is 0.794. The van der Waals surface area contributed by atoms with Gasteiger partial charge in [-0.3, -0.25) is 4.79 Å². The van der Waals surface area contributed by atoms with Crippen molar-refractivity contribution in [2.24, 2.45) is 5.92 Å². The Balaban J connectivity index is 1.48. The van der Waals surface area contributed by atoms with E-state index >= 15 is 0 Å². The van der Waals surface area contributed by atoms with Gasteiger partial charge in [-0.05, 0) is 56.2 Å². The summed E-state index contributed by atoms with van der Waals surface area (Å²) in [6.07, 6.45) is 4.43. The summed E-state index contributed by atoms with van der Waals surface area (Å²) in [6, 6.07) is 13.5. The summed E-state index contributed by atoms with van der Waals surface area (Å²) in [7, 11) is 0. The summed E-state index contributed by atoms with van der Waals surface area (Å²) in [4.78, 5) is 17.3. The standard InChI is InChI=1S/C20H21N3O2/c1-2-25-16-9-7-15(8-10-16)21-20(24)14-6-11-17-18(13-14)23-12-4-3-5-19(23)22-17/h3-5,7-10,12,14H,2,6,11,13H2,1H3,(H,21,24). The molecule has 3 aromatic rings. The zero-order chi connectivity index (χ0) is 17.2. The molecule has 4 rings (SSSR count). The van der Waals surface area contributed by atoms with Crippen molar-refractivity contribution in [2.45, 2.75) is 26.2 Å². The summed E-state index contributed by atoms with van der Waals surface area (Å²) in [5, 5.41) is 3.03. The zero-order valence-electron chi connectivity index (χ0n) is 14.2. The van der Waals surface area contributed by atoms with E-state index in [2.05, 4.69) is 14.7 Å². The molecule has 0 fully saturated rings. The van der Waals surface area contributed by atoms with Gasteiger partial charge in [-0.25, -0.2) is 4.98 Å². The minimum Gasteiger partial charge on any atom is -0.494 e. The van der Waals surface area contributed by atoms with Crippen LogP contribution in [0.3, 0.4) is 0 Å². The highest BCUT2D eigenvalue weighted by molar-refractivity contribution is 5.92. The van der Waals surface area contributed by atoms with Crippen LogP contribution in [0.15, 0.2) is 48.7 Å². The number of nitrogens with one attached hydrogen (secondary N) is 1. The third kappa shape index (κ3) is 3.09. The predicted molar refractivity (Wildman–Crippen MR) is 96.9 cm³/mol. The fourth-order valence-corrected chi connectivity index (χ4v) is 3.43. The number of nitrogens with zero attached hydrogens (tertiary/aromatic N) is 2. The number of aryl methyl sites for hydroxylation is 1. The second-order valence-electron chi connectivity index (χ2n) is 6.32. The van der Waals surface area contributed by atoms with Gasteiger partial charge in [0.15, 0.2) is 0 Å². The number of benzene rings is 1. The van der Waals surface area contributed by atoms with Crippen molar-refractivity contribution in [1.82, 2.24) is 9.38 Å². The molecule has 1 aromatic carbocycles. The first-order valence-corrected chi connectivity index (χ1v) is 8.73. The molecule has 25 heavy (non-hydrogen) atoms. The maximum absolute atomic E-state index is 12.7. The molecule has 0 saturated carbocycles. The van der Waals surface area contributed by atoms with Crippen LogP contribution >= 0.6 is 0 Å². The minimum absolute atomic E-state index is 0.0285. The number of aromatic nitrogens is 2. The molecule has 128 valence electrons. The Morgan fingerprint density at radius 2 is 2.12 bits per heavy atom. The average molecular weight is 335 g/mol. The SMILES string of the molecule is CCOc1ccc(NC(=O)C2CCc3nc4ccccn4c3C2)cc1. The summed E-state index contributed by atoms with van der Waals surface area (Å²) in [6.45, 7) is 2.59.